The lowest BCUT2D eigenvalue weighted by Crippen LogP contribution is -2.24. The molecule has 0 saturated carbocycles. The maximum atomic E-state index is 12.8. The first kappa shape index (κ1) is 19.8. The summed E-state index contributed by atoms with van der Waals surface area (Å²) in [5, 5.41) is 14.0. The van der Waals surface area contributed by atoms with Gasteiger partial charge < -0.3 is 20.7 Å². The number of carbonyl (C=O) groups is 2. The number of ether oxygens (including phenoxy) is 1. The second kappa shape index (κ2) is 8.38. The minimum absolute atomic E-state index is 0.00601. The maximum Gasteiger partial charge on any atom is 0.295 e. The number of primary amides is 1. The molecule has 0 atom stereocenters. The molecule has 0 aliphatic carbocycles. The number of hydrogen-bond donors (Lipinski definition) is 2. The molecule has 0 unspecified atom stereocenters. The van der Waals surface area contributed by atoms with E-state index in [1.807, 2.05) is 24.3 Å². The van der Waals surface area contributed by atoms with Gasteiger partial charge in [-0.05, 0) is 40.3 Å². The molecule has 0 aliphatic rings. The molecule has 3 N–H and O–H groups in total. The highest BCUT2D eigenvalue weighted by molar-refractivity contribution is 6.10. The van der Waals surface area contributed by atoms with Crippen molar-refractivity contribution in [2.75, 3.05) is 31.4 Å². The van der Waals surface area contributed by atoms with E-state index in [9.17, 15) is 9.59 Å². The molecule has 10 nitrogen and oxygen atoms in total. The van der Waals surface area contributed by atoms with Gasteiger partial charge in [0.15, 0.2) is 0 Å². The van der Waals surface area contributed by atoms with E-state index in [1.165, 1.54) is 4.68 Å². The van der Waals surface area contributed by atoms with Crippen LogP contribution in [0.15, 0.2) is 42.5 Å². The van der Waals surface area contributed by atoms with Crippen molar-refractivity contribution >= 4 is 23.2 Å². The third-order valence-electron chi connectivity index (χ3n) is 4.25. The third kappa shape index (κ3) is 4.32. The van der Waals surface area contributed by atoms with Crippen molar-refractivity contribution in [2.24, 2.45) is 5.73 Å². The van der Waals surface area contributed by atoms with Crippen molar-refractivity contribution in [1.29, 1.82) is 0 Å². The monoisotopic (exact) mass is 395 g/mol. The van der Waals surface area contributed by atoms with Gasteiger partial charge in [-0.1, -0.05) is 18.2 Å². The molecule has 0 spiro atoms. The molecule has 0 bridgehead atoms. The summed E-state index contributed by atoms with van der Waals surface area (Å²) in [4.78, 5) is 26.5. The molecular formula is C19H21N7O3. The van der Waals surface area contributed by atoms with Gasteiger partial charge in [0.2, 0.25) is 5.82 Å². The molecule has 150 valence electrons. The first-order valence-corrected chi connectivity index (χ1v) is 8.71. The molecule has 0 fully saturated rings. The zero-order valence-electron chi connectivity index (χ0n) is 16.3. The normalized spacial score (nSPS) is 10.4. The number of aromatic nitrogens is 4. The van der Waals surface area contributed by atoms with Crippen molar-refractivity contribution in [3.05, 3.63) is 59.4 Å². The fourth-order valence-corrected chi connectivity index (χ4v) is 2.83. The summed E-state index contributed by atoms with van der Waals surface area (Å²) < 4.78 is 6.51. The van der Waals surface area contributed by atoms with Crippen LogP contribution in [-0.2, 0) is 6.54 Å². The molecule has 0 radical (unpaired) electrons. The summed E-state index contributed by atoms with van der Waals surface area (Å²) in [6, 6.07) is 12.4. The molecule has 29 heavy (non-hydrogen) atoms. The second-order valence-corrected chi connectivity index (χ2v) is 6.42. The number of nitrogens with two attached hydrogens (primary N) is 1. The molecule has 3 aromatic rings. The molecule has 2 aromatic carbocycles. The van der Waals surface area contributed by atoms with Crippen LogP contribution in [0.4, 0.5) is 11.4 Å². The molecular weight excluding hydrogens is 374 g/mol. The van der Waals surface area contributed by atoms with Gasteiger partial charge in [0.25, 0.3) is 11.8 Å². The number of benzene rings is 2. The number of nitrogens with one attached hydrogen (secondary N) is 1. The number of hydrogen-bond acceptors (Lipinski definition) is 7. The Morgan fingerprint density at radius 3 is 2.52 bits per heavy atom. The van der Waals surface area contributed by atoms with Gasteiger partial charge in [-0.3, -0.25) is 9.59 Å². The molecule has 0 saturated heterocycles. The Labute approximate surface area is 167 Å². The van der Waals surface area contributed by atoms with Crippen molar-refractivity contribution < 1.29 is 14.3 Å². The summed E-state index contributed by atoms with van der Waals surface area (Å²) in [5.41, 5.74) is 7.50. The molecule has 1 heterocycles. The van der Waals surface area contributed by atoms with E-state index in [1.54, 1.807) is 44.3 Å². The van der Waals surface area contributed by atoms with Crippen LogP contribution in [0, 0.1) is 0 Å². The minimum Gasteiger partial charge on any atom is -0.497 e. The summed E-state index contributed by atoms with van der Waals surface area (Å²) in [6.45, 7) is 0.292. The van der Waals surface area contributed by atoms with E-state index in [4.69, 9.17) is 10.5 Å². The standard InChI is InChI=1S/C19H21N7O3/c1-25(2)15-6-4-5-14(16(15)17(20)27)21-19(28)18-22-23-24-26(18)11-12-7-9-13(29-3)10-8-12/h4-10H,11H2,1-3H3,(H2,20,27)(H,21,28). The Morgan fingerprint density at radius 2 is 1.90 bits per heavy atom. The lowest BCUT2D eigenvalue weighted by Gasteiger charge is -2.18. The highest BCUT2D eigenvalue weighted by Gasteiger charge is 2.21. The number of methoxy groups -OCH3 is 1. The maximum absolute atomic E-state index is 12.8. The van der Waals surface area contributed by atoms with E-state index in [0.29, 0.717) is 12.2 Å². The smallest absolute Gasteiger partial charge is 0.295 e. The van der Waals surface area contributed by atoms with E-state index in [2.05, 4.69) is 20.8 Å². The Bertz CT molecular complexity index is 1030. The average molecular weight is 395 g/mol. The van der Waals surface area contributed by atoms with Gasteiger partial charge in [0.05, 0.1) is 30.6 Å². The van der Waals surface area contributed by atoms with Crippen molar-refractivity contribution in [1.82, 2.24) is 20.2 Å². The first-order valence-electron chi connectivity index (χ1n) is 8.71. The third-order valence-corrected chi connectivity index (χ3v) is 4.25. The summed E-state index contributed by atoms with van der Waals surface area (Å²) in [6.07, 6.45) is 0. The molecule has 1 aromatic heterocycles. The first-order chi connectivity index (χ1) is 13.9. The Balaban J connectivity index is 1.85. The predicted octanol–water partition coefficient (Wildman–Crippen LogP) is 1.15. The lowest BCUT2D eigenvalue weighted by molar-refractivity contribution is 0.100. The Kier molecular flexibility index (Phi) is 5.72. The van der Waals surface area contributed by atoms with E-state index < -0.39 is 11.8 Å². The molecule has 10 heteroatoms. The van der Waals surface area contributed by atoms with Crippen LogP contribution in [0.3, 0.4) is 0 Å². The van der Waals surface area contributed by atoms with Gasteiger partial charge in [-0.15, -0.1) is 5.10 Å². The fourth-order valence-electron chi connectivity index (χ4n) is 2.83. The number of carbonyl (C=O) groups excluding carboxylic acids is 2. The Hall–Kier alpha value is -3.95. The van der Waals surface area contributed by atoms with E-state index >= 15 is 0 Å². The second-order valence-electron chi connectivity index (χ2n) is 6.42. The quantitative estimate of drug-likeness (QED) is 0.614. The van der Waals surface area contributed by atoms with E-state index in [0.717, 1.165) is 11.3 Å². The largest absolute Gasteiger partial charge is 0.497 e. The average Bonchev–Trinajstić information content (AvgIpc) is 3.16. The van der Waals surface area contributed by atoms with Crippen molar-refractivity contribution in [3.8, 4) is 5.75 Å². The topological polar surface area (TPSA) is 128 Å². The van der Waals surface area contributed by atoms with E-state index in [-0.39, 0.29) is 17.1 Å². The van der Waals surface area contributed by atoms with Crippen LogP contribution in [0.2, 0.25) is 0 Å². The van der Waals surface area contributed by atoms with Gasteiger partial charge in [-0.2, -0.15) is 0 Å². The molecule has 3 rings (SSSR count). The van der Waals surface area contributed by atoms with Gasteiger partial charge in [-0.25, -0.2) is 4.68 Å². The molecule has 0 aliphatic heterocycles. The van der Waals surface area contributed by atoms with Crippen molar-refractivity contribution in [3.63, 3.8) is 0 Å². The minimum atomic E-state index is -0.651. The highest BCUT2D eigenvalue weighted by atomic mass is 16.5. The molecule has 2 amide bonds. The summed E-state index contributed by atoms with van der Waals surface area (Å²) in [7, 11) is 5.15. The van der Waals surface area contributed by atoms with Crippen LogP contribution in [0.5, 0.6) is 5.75 Å². The SMILES string of the molecule is COc1ccc(Cn2nnnc2C(=O)Nc2cccc(N(C)C)c2C(N)=O)cc1. The van der Waals surface area contributed by atoms with Crippen LogP contribution in [0.1, 0.15) is 26.5 Å². The number of amides is 2. The van der Waals surface area contributed by atoms with Crippen LogP contribution < -0.4 is 20.7 Å². The lowest BCUT2D eigenvalue weighted by atomic mass is 10.1. The fraction of sp³-hybridized carbons (Fsp3) is 0.211. The number of rotatable bonds is 7. The van der Waals surface area contributed by atoms with Gasteiger partial charge in [0, 0.05) is 14.1 Å². The van der Waals surface area contributed by atoms with Crippen LogP contribution in [0.25, 0.3) is 0 Å². The predicted molar refractivity (Wildman–Crippen MR) is 107 cm³/mol. The zero-order valence-corrected chi connectivity index (χ0v) is 16.3. The number of tetrazole rings is 1. The van der Waals surface area contributed by atoms with Gasteiger partial charge >= 0.3 is 0 Å². The highest BCUT2D eigenvalue weighted by Crippen LogP contribution is 2.26. The van der Waals surface area contributed by atoms with Crippen LogP contribution in [-0.4, -0.2) is 53.2 Å². The van der Waals surface area contributed by atoms with Crippen molar-refractivity contribution in [2.45, 2.75) is 6.54 Å². The summed E-state index contributed by atoms with van der Waals surface area (Å²) in [5.74, 6) is -0.473. The Morgan fingerprint density at radius 1 is 1.17 bits per heavy atom. The van der Waals surface area contributed by atoms with Crippen LogP contribution >= 0.6 is 0 Å². The number of anilines is 2. The van der Waals surface area contributed by atoms with Gasteiger partial charge in [0.1, 0.15) is 5.75 Å². The zero-order chi connectivity index (χ0) is 21.0. The summed E-state index contributed by atoms with van der Waals surface area (Å²) >= 11 is 0. The number of nitrogens with zero attached hydrogens (tertiary/aromatic N) is 5.